The minimum Gasteiger partial charge on any atom is -0.321 e. The normalized spacial score (nSPS) is 26.1. The molecule has 0 amide bonds. The van der Waals surface area contributed by atoms with Crippen molar-refractivity contribution in [1.29, 1.82) is 0 Å². The molecule has 3 nitrogen and oxygen atoms in total. The minimum atomic E-state index is 0.553. The van der Waals surface area contributed by atoms with Gasteiger partial charge in [0.1, 0.15) is 0 Å². The average molecular weight is 151 g/mol. The molecule has 1 fully saturated rings. The number of aromatic nitrogens is 2. The highest BCUT2D eigenvalue weighted by molar-refractivity contribution is 4.82. The van der Waals surface area contributed by atoms with Crippen LogP contribution in [-0.2, 0) is 0 Å². The molecule has 3 heteroatoms. The largest absolute Gasteiger partial charge is 0.321 e. The maximum Gasteiger partial charge on any atom is 0.0959 e. The molecule has 0 saturated carbocycles. The van der Waals surface area contributed by atoms with E-state index in [4.69, 9.17) is 0 Å². The highest BCUT2D eigenvalue weighted by Crippen LogP contribution is 2.23. The van der Waals surface area contributed by atoms with Gasteiger partial charge in [0.2, 0.25) is 0 Å². The quantitative estimate of drug-likeness (QED) is 0.599. The molecular weight excluding hydrogens is 138 g/mol. The van der Waals surface area contributed by atoms with Crippen LogP contribution in [-0.4, -0.2) is 28.0 Å². The Bertz CT molecular complexity index is 217. The van der Waals surface area contributed by atoms with Crippen molar-refractivity contribution in [2.45, 2.75) is 19.0 Å². The number of hydrogen-bond acceptors (Lipinski definition) is 2. The van der Waals surface area contributed by atoms with Crippen LogP contribution in [0.5, 0.6) is 0 Å². The molecule has 1 aromatic rings. The molecular formula is C8H13N3. The van der Waals surface area contributed by atoms with Crippen molar-refractivity contribution < 1.29 is 0 Å². The summed E-state index contributed by atoms with van der Waals surface area (Å²) in [7, 11) is 2.16. The van der Waals surface area contributed by atoms with Gasteiger partial charge < -0.3 is 4.57 Å². The highest BCUT2D eigenvalue weighted by atomic mass is 15.3. The molecule has 0 spiro atoms. The molecule has 1 aliphatic heterocycles. The standard InChI is InChI=1S/C8H13N3/c1-10-5-2-3-8(10)11-6-4-9-7-11/h4,6-8H,2-3,5H2,1H3/t8-/m0/s1. The molecule has 0 unspecified atom stereocenters. The molecule has 0 bridgehead atoms. The molecule has 0 radical (unpaired) electrons. The topological polar surface area (TPSA) is 21.1 Å². The lowest BCUT2D eigenvalue weighted by Gasteiger charge is -2.20. The second kappa shape index (κ2) is 2.66. The van der Waals surface area contributed by atoms with Gasteiger partial charge in [-0.1, -0.05) is 0 Å². The van der Waals surface area contributed by atoms with Crippen molar-refractivity contribution in [2.75, 3.05) is 13.6 Å². The van der Waals surface area contributed by atoms with Crippen LogP contribution < -0.4 is 0 Å². The number of hydrogen-bond donors (Lipinski definition) is 0. The van der Waals surface area contributed by atoms with Gasteiger partial charge in [-0.25, -0.2) is 4.98 Å². The zero-order chi connectivity index (χ0) is 7.68. The Labute approximate surface area is 66.6 Å². The van der Waals surface area contributed by atoms with Crippen LogP contribution in [0.25, 0.3) is 0 Å². The predicted molar refractivity (Wildman–Crippen MR) is 43.1 cm³/mol. The number of nitrogens with zero attached hydrogens (tertiary/aromatic N) is 3. The van der Waals surface area contributed by atoms with E-state index in [2.05, 4.69) is 21.5 Å². The zero-order valence-corrected chi connectivity index (χ0v) is 6.77. The van der Waals surface area contributed by atoms with Gasteiger partial charge in [-0.3, -0.25) is 4.90 Å². The summed E-state index contributed by atoms with van der Waals surface area (Å²) in [5.74, 6) is 0. The fourth-order valence-corrected chi connectivity index (χ4v) is 1.72. The van der Waals surface area contributed by atoms with Crippen molar-refractivity contribution in [3.8, 4) is 0 Å². The smallest absolute Gasteiger partial charge is 0.0959 e. The summed E-state index contributed by atoms with van der Waals surface area (Å²) >= 11 is 0. The average Bonchev–Trinajstić information content (AvgIpc) is 2.55. The van der Waals surface area contributed by atoms with Gasteiger partial charge in [0.25, 0.3) is 0 Å². The second-order valence-corrected chi connectivity index (χ2v) is 3.11. The summed E-state index contributed by atoms with van der Waals surface area (Å²) in [6, 6.07) is 0. The van der Waals surface area contributed by atoms with Gasteiger partial charge in [0, 0.05) is 12.4 Å². The molecule has 0 N–H and O–H groups in total. The molecule has 1 aliphatic rings. The summed E-state index contributed by atoms with van der Waals surface area (Å²) in [6.45, 7) is 1.21. The lowest BCUT2D eigenvalue weighted by molar-refractivity contribution is 0.238. The van der Waals surface area contributed by atoms with Gasteiger partial charge >= 0.3 is 0 Å². The molecule has 1 aromatic heterocycles. The van der Waals surface area contributed by atoms with Crippen LogP contribution in [0.1, 0.15) is 19.0 Å². The molecule has 0 aliphatic carbocycles. The first-order valence-electron chi connectivity index (χ1n) is 4.05. The van der Waals surface area contributed by atoms with Crippen LogP contribution in [0, 0.1) is 0 Å². The summed E-state index contributed by atoms with van der Waals surface area (Å²) < 4.78 is 2.17. The fourth-order valence-electron chi connectivity index (χ4n) is 1.72. The zero-order valence-electron chi connectivity index (χ0n) is 6.77. The van der Waals surface area contributed by atoms with Crippen molar-refractivity contribution in [3.05, 3.63) is 18.7 Å². The van der Waals surface area contributed by atoms with Crippen LogP contribution in [0.2, 0.25) is 0 Å². The van der Waals surface area contributed by atoms with Gasteiger partial charge in [-0.15, -0.1) is 0 Å². The molecule has 2 rings (SSSR count). The van der Waals surface area contributed by atoms with E-state index in [-0.39, 0.29) is 0 Å². The van der Waals surface area contributed by atoms with Gasteiger partial charge in [0.05, 0.1) is 12.5 Å². The van der Waals surface area contributed by atoms with E-state index >= 15 is 0 Å². The number of likely N-dealkylation sites (tertiary alicyclic amines) is 1. The van der Waals surface area contributed by atoms with Crippen LogP contribution in [0.3, 0.4) is 0 Å². The third-order valence-corrected chi connectivity index (χ3v) is 2.35. The van der Waals surface area contributed by atoms with Crippen LogP contribution in [0.15, 0.2) is 18.7 Å². The molecule has 0 aromatic carbocycles. The van der Waals surface area contributed by atoms with E-state index in [0.717, 1.165) is 0 Å². The lowest BCUT2D eigenvalue weighted by atomic mass is 10.3. The first-order chi connectivity index (χ1) is 5.38. The van der Waals surface area contributed by atoms with Gasteiger partial charge in [-0.05, 0) is 26.4 Å². The van der Waals surface area contributed by atoms with Crippen LogP contribution >= 0.6 is 0 Å². The third kappa shape index (κ3) is 1.16. The van der Waals surface area contributed by atoms with E-state index in [1.807, 2.05) is 18.7 Å². The van der Waals surface area contributed by atoms with Crippen molar-refractivity contribution in [1.82, 2.24) is 14.5 Å². The maximum atomic E-state index is 4.04. The van der Waals surface area contributed by atoms with Crippen molar-refractivity contribution in [2.24, 2.45) is 0 Å². The van der Waals surface area contributed by atoms with E-state index in [1.165, 1.54) is 19.4 Å². The van der Waals surface area contributed by atoms with Gasteiger partial charge in [0.15, 0.2) is 0 Å². The van der Waals surface area contributed by atoms with E-state index in [1.54, 1.807) is 0 Å². The molecule has 60 valence electrons. The minimum absolute atomic E-state index is 0.553. The number of imidazole rings is 1. The number of rotatable bonds is 1. The molecule has 1 atom stereocenters. The molecule has 2 heterocycles. The summed E-state index contributed by atoms with van der Waals surface area (Å²) in [5, 5.41) is 0. The van der Waals surface area contributed by atoms with Gasteiger partial charge in [-0.2, -0.15) is 0 Å². The monoisotopic (exact) mass is 151 g/mol. The maximum absolute atomic E-state index is 4.04. The third-order valence-electron chi connectivity index (χ3n) is 2.35. The van der Waals surface area contributed by atoms with E-state index in [0.29, 0.717) is 6.17 Å². The first kappa shape index (κ1) is 6.85. The lowest BCUT2D eigenvalue weighted by Crippen LogP contribution is -2.21. The van der Waals surface area contributed by atoms with Crippen molar-refractivity contribution >= 4 is 0 Å². The predicted octanol–water partition coefficient (Wildman–Crippen LogP) is 1.11. The fraction of sp³-hybridized carbons (Fsp3) is 0.625. The van der Waals surface area contributed by atoms with E-state index in [9.17, 15) is 0 Å². The Kier molecular flexibility index (Phi) is 1.66. The first-order valence-corrected chi connectivity index (χ1v) is 4.05. The van der Waals surface area contributed by atoms with E-state index < -0.39 is 0 Å². The second-order valence-electron chi connectivity index (χ2n) is 3.11. The highest BCUT2D eigenvalue weighted by Gasteiger charge is 2.21. The Morgan fingerprint density at radius 1 is 1.55 bits per heavy atom. The Hall–Kier alpha value is -0.830. The molecule has 1 saturated heterocycles. The summed E-state index contributed by atoms with van der Waals surface area (Å²) in [4.78, 5) is 6.40. The summed E-state index contributed by atoms with van der Waals surface area (Å²) in [6.07, 6.45) is 8.88. The van der Waals surface area contributed by atoms with Crippen LogP contribution in [0.4, 0.5) is 0 Å². The Morgan fingerprint density at radius 3 is 3.00 bits per heavy atom. The SMILES string of the molecule is CN1CCC[C@@H]1n1ccnc1. The van der Waals surface area contributed by atoms with Crippen molar-refractivity contribution in [3.63, 3.8) is 0 Å². The Balaban J connectivity index is 2.16. The Morgan fingerprint density at radius 2 is 2.45 bits per heavy atom. The summed E-state index contributed by atoms with van der Waals surface area (Å²) in [5.41, 5.74) is 0. The molecule has 11 heavy (non-hydrogen) atoms.